The predicted molar refractivity (Wildman–Crippen MR) is 125 cm³/mol. The van der Waals surface area contributed by atoms with E-state index in [9.17, 15) is 4.79 Å². The highest BCUT2D eigenvalue weighted by Crippen LogP contribution is 2.36. The Morgan fingerprint density at radius 3 is 2.45 bits per heavy atom. The van der Waals surface area contributed by atoms with E-state index in [2.05, 4.69) is 51.2 Å². The van der Waals surface area contributed by atoms with Gasteiger partial charge in [0.05, 0.1) is 6.07 Å². The number of nitrogens with zero attached hydrogens (tertiary/aromatic N) is 2. The average molecular weight is 418 g/mol. The van der Waals surface area contributed by atoms with Crippen LogP contribution in [0, 0.1) is 11.3 Å². The zero-order valence-corrected chi connectivity index (χ0v) is 18.0. The summed E-state index contributed by atoms with van der Waals surface area (Å²) in [5.41, 5.74) is 3.77. The van der Waals surface area contributed by atoms with Crippen LogP contribution in [-0.2, 0) is 4.79 Å². The van der Waals surface area contributed by atoms with Crippen molar-refractivity contribution < 1.29 is 4.79 Å². The van der Waals surface area contributed by atoms with Crippen LogP contribution in [0.25, 0.3) is 11.1 Å². The normalized spacial score (nSPS) is 18.1. The number of nitrogens with one attached hydrogen (secondary N) is 3. The summed E-state index contributed by atoms with van der Waals surface area (Å²) in [5, 5.41) is 18.7. The van der Waals surface area contributed by atoms with Gasteiger partial charge in [-0.25, -0.2) is 0 Å². The van der Waals surface area contributed by atoms with E-state index in [-0.39, 0.29) is 12.5 Å². The molecule has 1 aliphatic carbocycles. The van der Waals surface area contributed by atoms with Gasteiger partial charge in [0.25, 0.3) is 0 Å². The van der Waals surface area contributed by atoms with Gasteiger partial charge in [0.15, 0.2) is 0 Å². The van der Waals surface area contributed by atoms with E-state index in [1.165, 1.54) is 5.69 Å². The van der Waals surface area contributed by atoms with E-state index in [0.717, 1.165) is 75.1 Å². The van der Waals surface area contributed by atoms with Gasteiger partial charge < -0.3 is 20.9 Å². The Bertz CT molecular complexity index is 922. The molecule has 0 unspecified atom stereocenters. The molecule has 0 bridgehead atoms. The van der Waals surface area contributed by atoms with Crippen molar-refractivity contribution in [3.05, 3.63) is 48.5 Å². The maximum absolute atomic E-state index is 13.0. The van der Waals surface area contributed by atoms with Gasteiger partial charge >= 0.3 is 0 Å². The van der Waals surface area contributed by atoms with Crippen LogP contribution in [0.4, 0.5) is 11.4 Å². The van der Waals surface area contributed by atoms with Crippen molar-refractivity contribution in [2.24, 2.45) is 0 Å². The Hall–Kier alpha value is -3.04. The molecule has 2 aliphatic rings. The average Bonchev–Trinajstić information content (AvgIpc) is 2.84. The molecule has 2 aromatic carbocycles. The minimum Gasteiger partial charge on any atom is -0.371 e. The molecule has 2 aromatic rings. The lowest BCUT2D eigenvalue weighted by Crippen LogP contribution is -2.53. The minimum absolute atomic E-state index is 0.0391. The topological polar surface area (TPSA) is 80.2 Å². The van der Waals surface area contributed by atoms with Crippen LogP contribution < -0.4 is 20.9 Å². The maximum atomic E-state index is 13.0. The first-order chi connectivity index (χ1) is 15.2. The number of hydrogen-bond acceptors (Lipinski definition) is 5. The van der Waals surface area contributed by atoms with Gasteiger partial charge in [0, 0.05) is 43.1 Å². The summed E-state index contributed by atoms with van der Waals surface area (Å²) in [7, 11) is 0. The molecule has 31 heavy (non-hydrogen) atoms. The van der Waals surface area contributed by atoms with E-state index in [4.69, 9.17) is 5.26 Å². The standard InChI is InChI=1S/C25H31N5O/c26-14-15-28-24(31)25(12-4-1-5-13-25)29-23-7-3-2-6-22(23)20-8-10-21(11-9-20)30-18-16-27-17-19-30/h2-3,6-11,27,29H,1,4-5,12-13,15-19H2,(H,28,31). The number of hydrogen-bond donors (Lipinski definition) is 3. The maximum Gasteiger partial charge on any atom is 0.246 e. The number of benzene rings is 2. The van der Waals surface area contributed by atoms with Gasteiger partial charge in [0.2, 0.25) is 5.91 Å². The number of piperazine rings is 1. The highest BCUT2D eigenvalue weighted by atomic mass is 16.2. The number of nitriles is 1. The summed E-state index contributed by atoms with van der Waals surface area (Å²) in [5.74, 6) is -0.0717. The van der Waals surface area contributed by atoms with E-state index in [1.807, 2.05) is 24.3 Å². The van der Waals surface area contributed by atoms with Crippen LogP contribution in [0.5, 0.6) is 0 Å². The summed E-state index contributed by atoms with van der Waals surface area (Å²) in [6.07, 6.45) is 4.72. The lowest BCUT2D eigenvalue weighted by Gasteiger charge is -2.38. The lowest BCUT2D eigenvalue weighted by atomic mass is 9.80. The summed E-state index contributed by atoms with van der Waals surface area (Å²) >= 11 is 0. The molecule has 6 heteroatoms. The molecule has 1 amide bonds. The van der Waals surface area contributed by atoms with Crippen molar-refractivity contribution in [1.82, 2.24) is 10.6 Å². The Kier molecular flexibility index (Phi) is 6.73. The smallest absolute Gasteiger partial charge is 0.246 e. The molecule has 1 saturated heterocycles. The van der Waals surface area contributed by atoms with E-state index < -0.39 is 5.54 Å². The van der Waals surface area contributed by atoms with Crippen LogP contribution in [0.3, 0.4) is 0 Å². The molecule has 1 aliphatic heterocycles. The third-order valence-corrected chi connectivity index (χ3v) is 6.43. The number of para-hydroxylation sites is 1. The Balaban J connectivity index is 1.59. The van der Waals surface area contributed by atoms with Gasteiger partial charge in [0.1, 0.15) is 12.1 Å². The Morgan fingerprint density at radius 1 is 1.03 bits per heavy atom. The molecular formula is C25H31N5O. The molecule has 1 heterocycles. The number of amides is 1. The van der Waals surface area contributed by atoms with Gasteiger partial charge in [-0.15, -0.1) is 0 Å². The first-order valence-electron chi connectivity index (χ1n) is 11.3. The molecule has 0 spiro atoms. The third-order valence-electron chi connectivity index (χ3n) is 6.43. The van der Waals surface area contributed by atoms with Crippen molar-refractivity contribution in [2.45, 2.75) is 37.6 Å². The fourth-order valence-electron chi connectivity index (χ4n) is 4.73. The highest BCUT2D eigenvalue weighted by molar-refractivity contribution is 5.91. The molecule has 4 rings (SSSR count). The molecule has 162 valence electrons. The number of rotatable bonds is 6. The fraction of sp³-hybridized carbons (Fsp3) is 0.440. The van der Waals surface area contributed by atoms with Crippen LogP contribution in [-0.4, -0.2) is 44.2 Å². The zero-order chi connectivity index (χ0) is 21.5. The molecule has 0 atom stereocenters. The first kappa shape index (κ1) is 21.2. The SMILES string of the molecule is N#CCNC(=O)C1(Nc2ccccc2-c2ccc(N3CCNCC3)cc2)CCCCC1. The van der Waals surface area contributed by atoms with Gasteiger partial charge in [-0.1, -0.05) is 49.6 Å². The summed E-state index contributed by atoms with van der Waals surface area (Å²) < 4.78 is 0. The molecule has 2 fully saturated rings. The van der Waals surface area contributed by atoms with Crippen molar-refractivity contribution in [3.8, 4) is 17.2 Å². The minimum atomic E-state index is -0.661. The van der Waals surface area contributed by atoms with Crippen LogP contribution >= 0.6 is 0 Å². The number of carbonyl (C=O) groups is 1. The van der Waals surface area contributed by atoms with E-state index in [0.29, 0.717) is 0 Å². The summed E-state index contributed by atoms with van der Waals surface area (Å²) in [6, 6.07) is 18.9. The van der Waals surface area contributed by atoms with Gasteiger partial charge in [-0.05, 0) is 36.6 Å². The Morgan fingerprint density at radius 2 is 1.74 bits per heavy atom. The Labute approximate surface area is 184 Å². The van der Waals surface area contributed by atoms with Crippen molar-refractivity contribution in [1.29, 1.82) is 5.26 Å². The monoisotopic (exact) mass is 417 g/mol. The third kappa shape index (κ3) is 4.83. The molecular weight excluding hydrogens is 386 g/mol. The molecule has 0 aromatic heterocycles. The fourth-order valence-corrected chi connectivity index (χ4v) is 4.73. The largest absolute Gasteiger partial charge is 0.371 e. The highest BCUT2D eigenvalue weighted by Gasteiger charge is 2.39. The van der Waals surface area contributed by atoms with Crippen LogP contribution in [0.1, 0.15) is 32.1 Å². The number of anilines is 2. The lowest BCUT2D eigenvalue weighted by molar-refractivity contribution is -0.126. The first-order valence-corrected chi connectivity index (χ1v) is 11.3. The number of carbonyl (C=O) groups excluding carboxylic acids is 1. The molecule has 3 N–H and O–H groups in total. The predicted octanol–water partition coefficient (Wildman–Crippen LogP) is 3.52. The second kappa shape index (κ2) is 9.84. The second-order valence-electron chi connectivity index (χ2n) is 8.44. The summed E-state index contributed by atoms with van der Waals surface area (Å²) in [4.78, 5) is 15.4. The molecule has 0 radical (unpaired) electrons. The second-order valence-corrected chi connectivity index (χ2v) is 8.44. The zero-order valence-electron chi connectivity index (χ0n) is 18.0. The van der Waals surface area contributed by atoms with Gasteiger partial charge in [-0.2, -0.15) is 5.26 Å². The van der Waals surface area contributed by atoms with Gasteiger partial charge in [-0.3, -0.25) is 4.79 Å². The van der Waals surface area contributed by atoms with Crippen molar-refractivity contribution >= 4 is 17.3 Å². The van der Waals surface area contributed by atoms with Crippen LogP contribution in [0.15, 0.2) is 48.5 Å². The van der Waals surface area contributed by atoms with E-state index in [1.54, 1.807) is 0 Å². The summed E-state index contributed by atoms with van der Waals surface area (Å²) in [6.45, 7) is 4.13. The molecule has 6 nitrogen and oxygen atoms in total. The quantitative estimate of drug-likeness (QED) is 0.627. The van der Waals surface area contributed by atoms with Crippen LogP contribution in [0.2, 0.25) is 0 Å². The molecule has 1 saturated carbocycles. The van der Waals surface area contributed by atoms with Crippen molar-refractivity contribution in [3.63, 3.8) is 0 Å². The van der Waals surface area contributed by atoms with Crippen molar-refractivity contribution in [2.75, 3.05) is 42.9 Å². The van der Waals surface area contributed by atoms with E-state index >= 15 is 0 Å².